The molecule has 0 spiro atoms. The van der Waals surface area contributed by atoms with E-state index in [1.165, 1.54) is 49.7 Å². The van der Waals surface area contributed by atoms with Gasteiger partial charge < -0.3 is 4.74 Å². The molecule has 0 unspecified atom stereocenters. The Morgan fingerprint density at radius 3 is 2.03 bits per heavy atom. The standard InChI is InChI=1S/C29H46NO2/c1-6-9-10-11-12-14-19-26-20-17-18-23-28(26)29(7-2,8-3)30(4,5)32-25-24-31-27-21-15-13-16-22-27/h13,15-18,20-23H,6-12,14,19,24-25H2,1-5H3/q+1. The number of aryl methyl sites for hydroxylation is 1. The van der Waals surface area contributed by atoms with Crippen molar-refractivity contribution in [2.24, 2.45) is 0 Å². The van der Waals surface area contributed by atoms with E-state index >= 15 is 0 Å². The largest absolute Gasteiger partial charge is 0.491 e. The number of hydroxylamine groups is 3. The first-order chi connectivity index (χ1) is 15.5. The zero-order chi connectivity index (χ0) is 23.3. The van der Waals surface area contributed by atoms with Crippen molar-refractivity contribution in [2.45, 2.75) is 84.1 Å². The third-order valence-electron chi connectivity index (χ3n) is 7.03. The molecule has 3 heteroatoms. The van der Waals surface area contributed by atoms with Crippen LogP contribution in [0.5, 0.6) is 5.75 Å². The van der Waals surface area contributed by atoms with E-state index in [0.717, 1.165) is 25.0 Å². The minimum atomic E-state index is -0.0778. The number of benzene rings is 2. The van der Waals surface area contributed by atoms with Crippen LogP contribution < -0.4 is 4.74 Å². The molecule has 0 fully saturated rings. The lowest BCUT2D eigenvalue weighted by Crippen LogP contribution is -2.57. The van der Waals surface area contributed by atoms with Gasteiger partial charge in [0.25, 0.3) is 0 Å². The average molecular weight is 441 g/mol. The molecule has 0 amide bonds. The van der Waals surface area contributed by atoms with Gasteiger partial charge in [-0.15, -0.1) is 0 Å². The van der Waals surface area contributed by atoms with Crippen molar-refractivity contribution in [3.05, 3.63) is 65.7 Å². The first kappa shape index (κ1) is 26.4. The van der Waals surface area contributed by atoms with Gasteiger partial charge in [-0.05, 0) is 30.5 Å². The topological polar surface area (TPSA) is 18.5 Å². The van der Waals surface area contributed by atoms with Crippen LogP contribution in [0, 0.1) is 0 Å². The summed E-state index contributed by atoms with van der Waals surface area (Å²) >= 11 is 0. The number of unbranched alkanes of at least 4 members (excludes halogenated alkanes) is 5. The quantitative estimate of drug-likeness (QED) is 0.151. The van der Waals surface area contributed by atoms with E-state index in [0.29, 0.717) is 17.9 Å². The maximum absolute atomic E-state index is 6.49. The van der Waals surface area contributed by atoms with Crippen LogP contribution >= 0.6 is 0 Å². The lowest BCUT2D eigenvalue weighted by Gasteiger charge is -2.46. The second-order valence-electron chi connectivity index (χ2n) is 9.26. The Hall–Kier alpha value is -1.84. The number of quaternary nitrogens is 1. The summed E-state index contributed by atoms with van der Waals surface area (Å²) in [7, 11) is 4.41. The van der Waals surface area contributed by atoms with Crippen molar-refractivity contribution in [1.29, 1.82) is 0 Å². The molecule has 178 valence electrons. The second-order valence-corrected chi connectivity index (χ2v) is 9.26. The highest BCUT2D eigenvalue weighted by Gasteiger charge is 2.47. The van der Waals surface area contributed by atoms with Gasteiger partial charge in [-0.2, -0.15) is 9.48 Å². The molecule has 0 saturated carbocycles. The van der Waals surface area contributed by atoms with Crippen molar-refractivity contribution in [3.63, 3.8) is 0 Å². The molecule has 0 atom stereocenters. The number of nitrogens with zero attached hydrogens (tertiary/aromatic N) is 1. The van der Waals surface area contributed by atoms with Gasteiger partial charge in [-0.1, -0.05) is 95.3 Å². The average Bonchev–Trinajstić information content (AvgIpc) is 2.81. The first-order valence-corrected chi connectivity index (χ1v) is 12.8. The van der Waals surface area contributed by atoms with Crippen molar-refractivity contribution in [3.8, 4) is 5.75 Å². The normalized spacial score (nSPS) is 12.2. The van der Waals surface area contributed by atoms with Gasteiger partial charge in [0.05, 0.1) is 14.1 Å². The number of hydrogen-bond acceptors (Lipinski definition) is 2. The van der Waals surface area contributed by atoms with Crippen LogP contribution in [0.4, 0.5) is 0 Å². The summed E-state index contributed by atoms with van der Waals surface area (Å²) in [5, 5.41) is 0. The summed E-state index contributed by atoms with van der Waals surface area (Å²) in [5.41, 5.74) is 2.86. The SMILES string of the molecule is CCCCCCCCc1ccccc1C(CC)(CC)[N+](C)(C)OCCOc1ccccc1. The van der Waals surface area contributed by atoms with Crippen LogP contribution in [0.2, 0.25) is 0 Å². The van der Waals surface area contributed by atoms with Crippen molar-refractivity contribution >= 4 is 0 Å². The van der Waals surface area contributed by atoms with Crippen LogP contribution in [-0.2, 0) is 16.8 Å². The predicted molar refractivity (Wildman–Crippen MR) is 136 cm³/mol. The molecular weight excluding hydrogens is 394 g/mol. The molecular formula is C29H46NO2+. The Labute approximate surface area is 197 Å². The number of rotatable bonds is 16. The number of hydrogen-bond donors (Lipinski definition) is 0. The van der Waals surface area contributed by atoms with Crippen molar-refractivity contribution in [2.75, 3.05) is 27.3 Å². The molecule has 0 bridgehead atoms. The highest BCUT2D eigenvalue weighted by molar-refractivity contribution is 5.32. The van der Waals surface area contributed by atoms with Crippen molar-refractivity contribution in [1.82, 2.24) is 0 Å². The van der Waals surface area contributed by atoms with Gasteiger partial charge >= 0.3 is 0 Å². The molecule has 2 aromatic carbocycles. The van der Waals surface area contributed by atoms with E-state index in [-0.39, 0.29) is 5.54 Å². The van der Waals surface area contributed by atoms with Crippen LogP contribution in [0.25, 0.3) is 0 Å². The van der Waals surface area contributed by atoms with E-state index in [9.17, 15) is 0 Å². The molecule has 0 heterocycles. The Morgan fingerprint density at radius 2 is 1.34 bits per heavy atom. The third kappa shape index (κ3) is 7.08. The summed E-state index contributed by atoms with van der Waals surface area (Å²) < 4.78 is 6.37. The minimum Gasteiger partial charge on any atom is -0.491 e. The van der Waals surface area contributed by atoms with Crippen LogP contribution in [0.15, 0.2) is 54.6 Å². The van der Waals surface area contributed by atoms with E-state index < -0.39 is 0 Å². The van der Waals surface area contributed by atoms with E-state index in [1.807, 2.05) is 30.3 Å². The number of para-hydroxylation sites is 1. The second kappa shape index (κ2) is 13.6. The van der Waals surface area contributed by atoms with Gasteiger partial charge in [0.1, 0.15) is 19.0 Å². The molecule has 0 aliphatic carbocycles. The van der Waals surface area contributed by atoms with Crippen LogP contribution in [-0.4, -0.2) is 32.0 Å². The van der Waals surface area contributed by atoms with E-state index in [2.05, 4.69) is 59.1 Å². The molecule has 0 saturated heterocycles. The Bertz CT molecular complexity index is 753. The van der Waals surface area contributed by atoms with E-state index in [4.69, 9.17) is 9.57 Å². The molecule has 0 aliphatic heterocycles. The molecule has 32 heavy (non-hydrogen) atoms. The fraction of sp³-hybridized carbons (Fsp3) is 0.586. The Kier molecular flexibility index (Phi) is 11.3. The molecule has 0 aliphatic rings. The number of ether oxygens (including phenoxy) is 1. The van der Waals surface area contributed by atoms with Gasteiger partial charge in [0.15, 0.2) is 5.54 Å². The molecule has 0 radical (unpaired) electrons. The third-order valence-corrected chi connectivity index (χ3v) is 7.03. The Balaban J connectivity index is 2.06. The molecule has 2 rings (SSSR count). The van der Waals surface area contributed by atoms with E-state index in [1.54, 1.807) is 0 Å². The summed E-state index contributed by atoms with van der Waals surface area (Å²) in [5.74, 6) is 0.892. The lowest BCUT2D eigenvalue weighted by molar-refractivity contribution is -1.12. The fourth-order valence-corrected chi connectivity index (χ4v) is 5.04. The summed E-state index contributed by atoms with van der Waals surface area (Å²) in [6, 6.07) is 19.0. The zero-order valence-electron chi connectivity index (χ0n) is 21.2. The monoisotopic (exact) mass is 440 g/mol. The molecule has 0 aromatic heterocycles. The summed E-state index contributed by atoms with van der Waals surface area (Å²) in [4.78, 5) is 6.49. The smallest absolute Gasteiger partial charge is 0.154 e. The highest BCUT2D eigenvalue weighted by atomic mass is 16.7. The summed E-state index contributed by atoms with van der Waals surface area (Å²) in [6.45, 7) is 7.99. The summed E-state index contributed by atoms with van der Waals surface area (Å²) in [6.07, 6.45) is 11.2. The molecule has 3 nitrogen and oxygen atoms in total. The van der Waals surface area contributed by atoms with Gasteiger partial charge in [-0.25, -0.2) is 0 Å². The maximum Gasteiger partial charge on any atom is 0.154 e. The lowest BCUT2D eigenvalue weighted by atomic mass is 9.79. The predicted octanol–water partition coefficient (Wildman–Crippen LogP) is 7.69. The Morgan fingerprint density at radius 1 is 0.719 bits per heavy atom. The van der Waals surface area contributed by atoms with Gasteiger partial charge in [0, 0.05) is 18.4 Å². The first-order valence-electron chi connectivity index (χ1n) is 12.8. The van der Waals surface area contributed by atoms with Crippen molar-refractivity contribution < 1.29 is 14.2 Å². The molecule has 2 aromatic rings. The fourth-order valence-electron chi connectivity index (χ4n) is 5.04. The van der Waals surface area contributed by atoms with Crippen LogP contribution in [0.3, 0.4) is 0 Å². The zero-order valence-corrected chi connectivity index (χ0v) is 21.2. The minimum absolute atomic E-state index is 0.0778. The maximum atomic E-state index is 6.49. The molecule has 0 N–H and O–H groups in total. The van der Waals surface area contributed by atoms with Gasteiger partial charge in [-0.3, -0.25) is 0 Å². The van der Waals surface area contributed by atoms with Gasteiger partial charge in [0.2, 0.25) is 0 Å². The van der Waals surface area contributed by atoms with Crippen LogP contribution in [0.1, 0.15) is 83.3 Å². The highest BCUT2D eigenvalue weighted by Crippen LogP contribution is 2.41.